The lowest BCUT2D eigenvalue weighted by Crippen LogP contribution is -2.44. The molecule has 0 aliphatic heterocycles. The van der Waals surface area contributed by atoms with E-state index in [9.17, 15) is 9.59 Å². The van der Waals surface area contributed by atoms with E-state index in [2.05, 4.69) is 5.32 Å². The van der Waals surface area contributed by atoms with Gasteiger partial charge in [0.1, 0.15) is 0 Å². The van der Waals surface area contributed by atoms with Crippen molar-refractivity contribution in [2.75, 3.05) is 13.1 Å². The van der Waals surface area contributed by atoms with E-state index in [1.54, 1.807) is 18.1 Å². The molecule has 0 bridgehead atoms. The number of nitrogens with one attached hydrogen (secondary N) is 1. The summed E-state index contributed by atoms with van der Waals surface area (Å²) in [6.07, 6.45) is 1.69. The van der Waals surface area contributed by atoms with E-state index in [-0.39, 0.29) is 6.03 Å². The molecular weight excluding hydrogens is 156 g/mol. The fourth-order valence-corrected chi connectivity index (χ4v) is 0.817. The van der Waals surface area contributed by atoms with E-state index >= 15 is 0 Å². The number of carbonyl (C=O) groups is 1. The summed E-state index contributed by atoms with van der Waals surface area (Å²) >= 11 is 0. The second-order valence-electron chi connectivity index (χ2n) is 2.46. The van der Waals surface area contributed by atoms with Crippen LogP contribution >= 0.6 is 0 Å². The minimum Gasteiger partial charge on any atom is -0.328 e. The number of nitrogens with zero attached hydrogens (tertiary/aromatic N) is 1. The molecule has 0 aromatic heterocycles. The van der Waals surface area contributed by atoms with Crippen LogP contribution in [0.2, 0.25) is 0 Å². The zero-order valence-electron chi connectivity index (χ0n) is 7.76. The maximum absolute atomic E-state index is 11.2. The average Bonchev–Trinajstić information content (AvgIpc) is 2.06. The molecule has 2 amide bonds. The van der Waals surface area contributed by atoms with E-state index < -0.39 is 6.04 Å². The van der Waals surface area contributed by atoms with Crippen LogP contribution in [0.5, 0.6) is 0 Å². The molecule has 0 saturated carbocycles. The van der Waals surface area contributed by atoms with Crippen LogP contribution in [0.1, 0.15) is 20.8 Å². The summed E-state index contributed by atoms with van der Waals surface area (Å²) < 4.78 is 0. The monoisotopic (exact) mass is 171 g/mol. The minimum atomic E-state index is -0.530. The molecule has 12 heavy (non-hydrogen) atoms. The first kappa shape index (κ1) is 10.9. The van der Waals surface area contributed by atoms with Crippen LogP contribution in [0.3, 0.4) is 0 Å². The molecule has 4 heteroatoms. The Morgan fingerprint density at radius 1 is 1.50 bits per heavy atom. The largest absolute Gasteiger partial charge is 0.328 e. The molecule has 4 nitrogen and oxygen atoms in total. The smallest absolute Gasteiger partial charge is 0.317 e. The molecule has 0 aromatic rings. The average molecular weight is 171 g/mol. The van der Waals surface area contributed by atoms with Crippen LogP contribution in [0, 0.1) is 0 Å². The maximum Gasteiger partial charge on any atom is 0.317 e. The van der Waals surface area contributed by atoms with E-state index in [1.807, 2.05) is 13.8 Å². The number of rotatable bonds is 4. The summed E-state index contributed by atoms with van der Waals surface area (Å²) in [7, 11) is 0. The lowest BCUT2D eigenvalue weighted by Gasteiger charge is -2.19. The van der Waals surface area contributed by atoms with Crippen LogP contribution < -0.4 is 5.32 Å². The molecule has 0 saturated heterocycles. The highest BCUT2D eigenvalue weighted by Crippen LogP contribution is 1.88. The molecule has 0 aliphatic carbocycles. The third-order valence-electron chi connectivity index (χ3n) is 1.57. The van der Waals surface area contributed by atoms with Crippen molar-refractivity contribution < 1.29 is 9.59 Å². The molecule has 0 aliphatic rings. The molecule has 0 heterocycles. The highest BCUT2D eigenvalue weighted by molar-refractivity contribution is 5.77. The minimum absolute atomic E-state index is 0.212. The summed E-state index contributed by atoms with van der Waals surface area (Å²) in [6.45, 7) is 6.66. The van der Waals surface area contributed by atoms with Gasteiger partial charge in [0.25, 0.3) is 0 Å². The van der Waals surface area contributed by atoms with Gasteiger partial charge in [-0.2, -0.15) is 0 Å². The predicted molar refractivity (Wildman–Crippen MR) is 46.6 cm³/mol. The van der Waals surface area contributed by atoms with Crippen LogP contribution in [0.4, 0.5) is 4.79 Å². The van der Waals surface area contributed by atoms with Crippen molar-refractivity contribution in [1.82, 2.24) is 10.2 Å². The number of urea groups is 1. The fraction of sp³-hybridized carbons (Fsp3) is 0.750. The highest BCUT2D eigenvalue weighted by Gasteiger charge is 2.11. The van der Waals surface area contributed by atoms with Crippen LogP contribution in [-0.2, 0) is 4.79 Å². The topological polar surface area (TPSA) is 49.4 Å². The van der Waals surface area contributed by atoms with Gasteiger partial charge in [-0.3, -0.25) is 4.79 Å². The first-order valence-electron chi connectivity index (χ1n) is 4.08. The highest BCUT2D eigenvalue weighted by atomic mass is 16.2. The molecule has 0 aromatic carbocycles. The quantitative estimate of drug-likeness (QED) is 0.671. The molecule has 1 radical (unpaired) electrons. The van der Waals surface area contributed by atoms with Crippen LogP contribution in [0.15, 0.2) is 0 Å². The van der Waals surface area contributed by atoms with Gasteiger partial charge in [-0.15, -0.1) is 0 Å². The Labute approximate surface area is 72.9 Å². The van der Waals surface area contributed by atoms with Crippen LogP contribution in [-0.4, -0.2) is 36.3 Å². The summed E-state index contributed by atoms with van der Waals surface area (Å²) in [6, 6.07) is -0.742. The van der Waals surface area contributed by atoms with Gasteiger partial charge in [0.15, 0.2) is 0 Å². The molecule has 69 valence electrons. The van der Waals surface area contributed by atoms with E-state index in [4.69, 9.17) is 0 Å². The Balaban J connectivity index is 3.92. The summed E-state index contributed by atoms with van der Waals surface area (Å²) in [5.41, 5.74) is 0. The molecule has 0 fully saturated rings. The first-order valence-corrected chi connectivity index (χ1v) is 4.08. The molecule has 0 spiro atoms. The zero-order chi connectivity index (χ0) is 9.56. The first-order chi connectivity index (χ1) is 5.65. The Morgan fingerprint density at radius 3 is 2.33 bits per heavy atom. The number of amides is 2. The number of hydrogen-bond donors (Lipinski definition) is 1. The van der Waals surface area contributed by atoms with E-state index in [0.717, 1.165) is 0 Å². The normalized spacial score (nSPS) is 11.9. The SMILES string of the molecule is CCN(CC)C(=O)N[C@@H](C)[C]=O. The Hall–Kier alpha value is -1.06. The lowest BCUT2D eigenvalue weighted by atomic mass is 10.4. The third kappa shape index (κ3) is 3.37. The van der Waals surface area contributed by atoms with Gasteiger partial charge in [-0.05, 0) is 20.8 Å². The zero-order valence-corrected chi connectivity index (χ0v) is 7.76. The maximum atomic E-state index is 11.2. The van der Waals surface area contributed by atoms with E-state index in [0.29, 0.717) is 13.1 Å². The Bertz CT molecular complexity index is 155. The summed E-state index contributed by atoms with van der Waals surface area (Å²) in [4.78, 5) is 22.9. The molecule has 1 atom stereocenters. The summed E-state index contributed by atoms with van der Waals surface area (Å²) in [5.74, 6) is 0. The predicted octanol–water partition coefficient (Wildman–Crippen LogP) is 0.536. The second kappa shape index (κ2) is 5.57. The van der Waals surface area contributed by atoms with Crippen molar-refractivity contribution in [3.05, 3.63) is 0 Å². The van der Waals surface area contributed by atoms with Gasteiger partial charge < -0.3 is 10.2 Å². The Morgan fingerprint density at radius 2 is 2.00 bits per heavy atom. The van der Waals surface area contributed by atoms with Crippen molar-refractivity contribution >= 4 is 12.3 Å². The number of hydrogen-bond acceptors (Lipinski definition) is 2. The van der Waals surface area contributed by atoms with Crippen molar-refractivity contribution in [3.63, 3.8) is 0 Å². The molecular formula is C8H15N2O2. The van der Waals surface area contributed by atoms with Crippen LogP contribution in [0.25, 0.3) is 0 Å². The fourth-order valence-electron chi connectivity index (χ4n) is 0.817. The summed E-state index contributed by atoms with van der Waals surface area (Å²) in [5, 5.41) is 2.49. The Kier molecular flexibility index (Phi) is 5.08. The molecule has 0 unspecified atom stereocenters. The van der Waals surface area contributed by atoms with Gasteiger partial charge in [0.05, 0.1) is 6.04 Å². The van der Waals surface area contributed by atoms with Gasteiger partial charge in [-0.25, -0.2) is 4.79 Å². The van der Waals surface area contributed by atoms with Crippen molar-refractivity contribution in [2.45, 2.75) is 26.8 Å². The van der Waals surface area contributed by atoms with Gasteiger partial charge >= 0.3 is 6.03 Å². The molecule has 0 rings (SSSR count). The third-order valence-corrected chi connectivity index (χ3v) is 1.57. The van der Waals surface area contributed by atoms with Crippen molar-refractivity contribution in [2.24, 2.45) is 0 Å². The second-order valence-corrected chi connectivity index (χ2v) is 2.46. The lowest BCUT2D eigenvalue weighted by molar-refractivity contribution is 0.202. The van der Waals surface area contributed by atoms with Gasteiger partial charge in [0.2, 0.25) is 6.29 Å². The number of carbonyl (C=O) groups excluding carboxylic acids is 2. The van der Waals surface area contributed by atoms with Gasteiger partial charge in [0, 0.05) is 13.1 Å². The van der Waals surface area contributed by atoms with E-state index in [1.165, 1.54) is 0 Å². The van der Waals surface area contributed by atoms with Crippen molar-refractivity contribution in [3.8, 4) is 0 Å². The molecule has 1 N–H and O–H groups in total. The standard InChI is InChI=1S/C8H15N2O2/c1-4-10(5-2)8(12)9-7(3)6-11/h7H,4-5H2,1-3H3,(H,9,12)/t7-/m0/s1. The van der Waals surface area contributed by atoms with Crippen molar-refractivity contribution in [1.29, 1.82) is 0 Å². The van der Waals surface area contributed by atoms with Gasteiger partial charge in [-0.1, -0.05) is 0 Å².